The largest absolute Gasteiger partial charge is 0.455 e. The number of para-hydroxylation sites is 1. The van der Waals surface area contributed by atoms with Gasteiger partial charge in [-0.2, -0.15) is 5.10 Å². The molecule has 5 nitrogen and oxygen atoms in total. The Labute approximate surface area is 153 Å². The molecule has 25 heavy (non-hydrogen) atoms. The number of hydrogen-bond acceptors (Lipinski definition) is 3. The van der Waals surface area contributed by atoms with E-state index < -0.39 is 6.03 Å². The van der Waals surface area contributed by atoms with Crippen molar-refractivity contribution < 1.29 is 9.21 Å². The van der Waals surface area contributed by atoms with Crippen LogP contribution >= 0.6 is 15.9 Å². The fraction of sp³-hybridized carbons (Fsp3) is 0.0526. The van der Waals surface area contributed by atoms with Crippen LogP contribution in [-0.4, -0.2) is 12.2 Å². The zero-order chi connectivity index (χ0) is 17.6. The van der Waals surface area contributed by atoms with Crippen LogP contribution in [0.15, 0.2) is 74.7 Å². The third-order valence-corrected chi connectivity index (χ3v) is 4.06. The molecule has 0 spiro atoms. The highest BCUT2D eigenvalue weighted by molar-refractivity contribution is 9.10. The van der Waals surface area contributed by atoms with Crippen molar-refractivity contribution in [3.8, 4) is 11.3 Å². The summed E-state index contributed by atoms with van der Waals surface area (Å²) in [6.07, 6.45) is 1.45. The van der Waals surface area contributed by atoms with Crippen molar-refractivity contribution in [2.24, 2.45) is 5.10 Å². The molecule has 0 saturated carbocycles. The Kier molecular flexibility index (Phi) is 5.30. The number of hydrogen-bond donors (Lipinski definition) is 2. The predicted octanol–water partition coefficient (Wildman–Crippen LogP) is 5.17. The van der Waals surface area contributed by atoms with Gasteiger partial charge in [0.25, 0.3) is 0 Å². The Morgan fingerprint density at radius 1 is 1.12 bits per heavy atom. The summed E-state index contributed by atoms with van der Waals surface area (Å²) < 4.78 is 6.70. The van der Waals surface area contributed by atoms with E-state index in [2.05, 4.69) is 31.8 Å². The topological polar surface area (TPSA) is 66.6 Å². The quantitative estimate of drug-likeness (QED) is 0.470. The van der Waals surface area contributed by atoms with Crippen molar-refractivity contribution in [1.29, 1.82) is 0 Å². The third kappa shape index (κ3) is 4.58. The monoisotopic (exact) mass is 397 g/mol. The SMILES string of the molecule is Cc1ccc(-c2ccc(/C=N/NC(=O)Nc3ccccc3)o2)c(Br)c1. The summed E-state index contributed by atoms with van der Waals surface area (Å²) in [5.41, 5.74) is 5.21. The van der Waals surface area contributed by atoms with Gasteiger partial charge < -0.3 is 9.73 Å². The van der Waals surface area contributed by atoms with Gasteiger partial charge in [0, 0.05) is 15.7 Å². The highest BCUT2D eigenvalue weighted by atomic mass is 79.9. The molecule has 2 aromatic carbocycles. The molecule has 3 rings (SSSR count). The first-order chi connectivity index (χ1) is 12.1. The van der Waals surface area contributed by atoms with Gasteiger partial charge in [0.05, 0.1) is 6.21 Å². The molecule has 1 heterocycles. The molecule has 1 aromatic heterocycles. The number of benzene rings is 2. The fourth-order valence-electron chi connectivity index (χ4n) is 2.22. The lowest BCUT2D eigenvalue weighted by Crippen LogP contribution is -2.24. The van der Waals surface area contributed by atoms with Gasteiger partial charge in [-0.15, -0.1) is 0 Å². The van der Waals surface area contributed by atoms with Crippen molar-refractivity contribution in [3.05, 3.63) is 76.5 Å². The summed E-state index contributed by atoms with van der Waals surface area (Å²) in [5.74, 6) is 1.27. The van der Waals surface area contributed by atoms with E-state index in [1.807, 2.05) is 49.4 Å². The number of carbonyl (C=O) groups excluding carboxylic acids is 1. The van der Waals surface area contributed by atoms with Gasteiger partial charge in [-0.3, -0.25) is 0 Å². The molecule has 0 atom stereocenters. The van der Waals surface area contributed by atoms with E-state index in [1.54, 1.807) is 18.2 Å². The first-order valence-corrected chi connectivity index (χ1v) is 8.42. The van der Waals surface area contributed by atoms with Gasteiger partial charge >= 0.3 is 6.03 Å². The summed E-state index contributed by atoms with van der Waals surface area (Å²) in [6.45, 7) is 2.03. The molecule has 0 fully saturated rings. The molecule has 0 bridgehead atoms. The Balaban J connectivity index is 1.61. The fourth-order valence-corrected chi connectivity index (χ4v) is 2.91. The van der Waals surface area contributed by atoms with Crippen molar-refractivity contribution in [2.45, 2.75) is 6.92 Å². The summed E-state index contributed by atoms with van der Waals surface area (Å²) >= 11 is 3.54. The average molecular weight is 398 g/mol. The van der Waals surface area contributed by atoms with E-state index in [0.29, 0.717) is 11.4 Å². The Bertz CT molecular complexity index is 904. The Morgan fingerprint density at radius 2 is 1.92 bits per heavy atom. The summed E-state index contributed by atoms with van der Waals surface area (Å²) in [5, 5.41) is 6.56. The van der Waals surface area contributed by atoms with Gasteiger partial charge in [0.1, 0.15) is 11.5 Å². The lowest BCUT2D eigenvalue weighted by atomic mass is 10.1. The Hall–Kier alpha value is -2.86. The van der Waals surface area contributed by atoms with Crippen LogP contribution < -0.4 is 10.7 Å². The second kappa shape index (κ2) is 7.81. The molecule has 0 aliphatic heterocycles. The first kappa shape index (κ1) is 17.0. The van der Waals surface area contributed by atoms with Crippen molar-refractivity contribution in [2.75, 3.05) is 5.32 Å². The van der Waals surface area contributed by atoms with Crippen LogP contribution in [0.3, 0.4) is 0 Å². The minimum absolute atomic E-state index is 0.421. The average Bonchev–Trinajstić information content (AvgIpc) is 3.04. The number of urea groups is 1. The third-order valence-electron chi connectivity index (χ3n) is 3.41. The maximum absolute atomic E-state index is 11.7. The minimum atomic E-state index is -0.421. The normalized spacial score (nSPS) is 10.8. The lowest BCUT2D eigenvalue weighted by Gasteiger charge is -2.03. The van der Waals surface area contributed by atoms with Crippen LogP contribution in [0.1, 0.15) is 11.3 Å². The molecule has 0 saturated heterocycles. The number of amides is 2. The van der Waals surface area contributed by atoms with Gasteiger partial charge in [-0.1, -0.05) is 40.2 Å². The van der Waals surface area contributed by atoms with Crippen LogP contribution in [0.5, 0.6) is 0 Å². The number of carbonyl (C=O) groups is 1. The highest BCUT2D eigenvalue weighted by Crippen LogP contribution is 2.30. The number of hydrazone groups is 1. The van der Waals surface area contributed by atoms with Crippen LogP contribution in [0.25, 0.3) is 11.3 Å². The maximum Gasteiger partial charge on any atom is 0.339 e. The van der Waals surface area contributed by atoms with Gasteiger partial charge in [0.2, 0.25) is 0 Å². The van der Waals surface area contributed by atoms with E-state index in [0.717, 1.165) is 21.4 Å². The molecule has 0 aliphatic carbocycles. The molecule has 2 amide bonds. The van der Waals surface area contributed by atoms with E-state index >= 15 is 0 Å². The first-order valence-electron chi connectivity index (χ1n) is 7.63. The zero-order valence-electron chi connectivity index (χ0n) is 13.5. The molecule has 3 aromatic rings. The summed E-state index contributed by atoms with van der Waals surface area (Å²) in [4.78, 5) is 11.7. The minimum Gasteiger partial charge on any atom is -0.455 e. The standard InChI is InChI=1S/C19H16BrN3O2/c1-13-7-9-16(17(20)11-13)18-10-8-15(25-18)12-21-23-19(24)22-14-5-3-2-4-6-14/h2-12H,1H3,(H2,22,23,24)/b21-12+. The number of anilines is 1. The second-order valence-electron chi connectivity index (χ2n) is 5.38. The number of nitrogens with one attached hydrogen (secondary N) is 2. The van der Waals surface area contributed by atoms with Crippen molar-refractivity contribution in [1.82, 2.24) is 5.43 Å². The Morgan fingerprint density at radius 3 is 2.68 bits per heavy atom. The van der Waals surface area contributed by atoms with E-state index in [9.17, 15) is 4.79 Å². The molecule has 0 radical (unpaired) electrons. The molecule has 126 valence electrons. The van der Waals surface area contributed by atoms with E-state index in [1.165, 1.54) is 6.21 Å². The van der Waals surface area contributed by atoms with E-state index in [4.69, 9.17) is 4.42 Å². The number of furan rings is 1. The molecule has 0 aliphatic rings. The van der Waals surface area contributed by atoms with E-state index in [-0.39, 0.29) is 0 Å². The smallest absolute Gasteiger partial charge is 0.339 e. The number of rotatable bonds is 4. The molecule has 6 heteroatoms. The van der Waals surface area contributed by atoms with Crippen LogP contribution in [-0.2, 0) is 0 Å². The van der Waals surface area contributed by atoms with Gasteiger partial charge in [-0.25, -0.2) is 10.2 Å². The van der Waals surface area contributed by atoms with Crippen LogP contribution in [0.4, 0.5) is 10.5 Å². The highest BCUT2D eigenvalue weighted by Gasteiger charge is 2.08. The maximum atomic E-state index is 11.7. The summed E-state index contributed by atoms with van der Waals surface area (Å²) in [6, 6.07) is 18.4. The van der Waals surface area contributed by atoms with Crippen molar-refractivity contribution >= 4 is 33.9 Å². The number of nitrogens with zero attached hydrogens (tertiary/aromatic N) is 1. The summed E-state index contributed by atoms with van der Waals surface area (Å²) in [7, 11) is 0. The molecule has 2 N–H and O–H groups in total. The number of aryl methyl sites for hydroxylation is 1. The lowest BCUT2D eigenvalue weighted by molar-refractivity contribution is 0.252. The zero-order valence-corrected chi connectivity index (χ0v) is 15.1. The van der Waals surface area contributed by atoms with Crippen LogP contribution in [0.2, 0.25) is 0 Å². The predicted molar refractivity (Wildman–Crippen MR) is 103 cm³/mol. The molecular weight excluding hydrogens is 382 g/mol. The van der Waals surface area contributed by atoms with Gasteiger partial charge in [0.15, 0.2) is 0 Å². The molecule has 0 unspecified atom stereocenters. The second-order valence-corrected chi connectivity index (χ2v) is 6.23. The van der Waals surface area contributed by atoms with Crippen LogP contribution in [0, 0.1) is 6.92 Å². The van der Waals surface area contributed by atoms with Gasteiger partial charge in [-0.05, 0) is 48.9 Å². The number of halogens is 1. The van der Waals surface area contributed by atoms with Crippen molar-refractivity contribution in [3.63, 3.8) is 0 Å². The molecular formula is C19H16BrN3O2.